The maximum atomic E-state index is 13.4. The summed E-state index contributed by atoms with van der Waals surface area (Å²) in [4.78, 5) is 16.8. The average Bonchev–Trinajstić information content (AvgIpc) is 3.36. The van der Waals surface area contributed by atoms with Crippen LogP contribution in [0.25, 0.3) is 17.0 Å². The van der Waals surface area contributed by atoms with Gasteiger partial charge in [-0.2, -0.15) is 5.26 Å². The van der Waals surface area contributed by atoms with Crippen molar-refractivity contribution in [3.63, 3.8) is 0 Å². The number of para-hydroxylation sites is 1. The van der Waals surface area contributed by atoms with Crippen LogP contribution in [-0.4, -0.2) is 32.1 Å². The number of nitrogens with one attached hydrogen (secondary N) is 1. The number of rotatable bonds is 9. The largest absolute Gasteiger partial charge is 0.493 e. The van der Waals surface area contributed by atoms with Gasteiger partial charge in [-0.3, -0.25) is 4.79 Å². The van der Waals surface area contributed by atoms with E-state index in [-0.39, 0.29) is 17.6 Å². The maximum absolute atomic E-state index is 13.4. The molecular formula is C35H35N3O5. The highest BCUT2D eigenvalue weighted by atomic mass is 16.5. The third kappa shape index (κ3) is 5.19. The molecule has 0 saturated heterocycles. The number of carbonyl (C=O) groups excluding carboxylic acids is 1. The van der Waals surface area contributed by atoms with Crippen LogP contribution >= 0.6 is 0 Å². The molecule has 8 nitrogen and oxygen atoms in total. The molecule has 1 aliphatic heterocycles. The molecule has 3 N–H and O–H groups in total. The number of aromatic nitrogens is 1. The van der Waals surface area contributed by atoms with E-state index in [1.54, 1.807) is 18.2 Å². The van der Waals surface area contributed by atoms with Crippen LogP contribution < -0.4 is 24.7 Å². The standard InChI is InChI=1S/C35H35N3O5/c1-7-19(2)24-14-21(12-13-28(39)22-16-29(40-4)34(42-6)30(17-22)41-5)15-25-32(26(18-36)35(37)43-33(24)25)31-20(3)38-27-11-9-8-10-23(27)31/h8-17,19,32,38H,7,37H2,1-6H3/b13-12+. The van der Waals surface area contributed by atoms with E-state index in [4.69, 9.17) is 24.7 Å². The smallest absolute Gasteiger partial charge is 0.205 e. The molecule has 0 bridgehead atoms. The molecule has 2 heterocycles. The minimum Gasteiger partial charge on any atom is -0.493 e. The van der Waals surface area contributed by atoms with Crippen molar-refractivity contribution in [1.82, 2.24) is 4.98 Å². The molecule has 1 aliphatic rings. The lowest BCUT2D eigenvalue weighted by Gasteiger charge is -2.30. The summed E-state index contributed by atoms with van der Waals surface area (Å²) in [5.74, 6) is 1.43. The van der Waals surface area contributed by atoms with Gasteiger partial charge in [0, 0.05) is 27.7 Å². The van der Waals surface area contributed by atoms with Gasteiger partial charge in [0.15, 0.2) is 17.3 Å². The zero-order valence-electron chi connectivity index (χ0n) is 25.2. The zero-order chi connectivity index (χ0) is 30.8. The Bertz CT molecular complexity index is 1800. The second-order valence-electron chi connectivity index (χ2n) is 10.6. The van der Waals surface area contributed by atoms with Gasteiger partial charge in [0.2, 0.25) is 11.6 Å². The van der Waals surface area contributed by atoms with E-state index in [1.807, 2.05) is 43.3 Å². The fourth-order valence-corrected chi connectivity index (χ4v) is 5.76. The number of allylic oxidation sites excluding steroid dienone is 2. The van der Waals surface area contributed by atoms with Gasteiger partial charge in [0.25, 0.3) is 0 Å². The van der Waals surface area contributed by atoms with E-state index in [2.05, 4.69) is 24.9 Å². The fraction of sp³-hybridized carbons (Fsp3) is 0.257. The third-order valence-electron chi connectivity index (χ3n) is 8.12. The van der Waals surface area contributed by atoms with Gasteiger partial charge in [-0.25, -0.2) is 0 Å². The van der Waals surface area contributed by atoms with Crippen LogP contribution in [0.1, 0.15) is 70.4 Å². The number of hydrogen-bond donors (Lipinski definition) is 2. The van der Waals surface area contributed by atoms with Crippen molar-refractivity contribution in [3.05, 3.63) is 99.6 Å². The van der Waals surface area contributed by atoms with Crippen molar-refractivity contribution >= 4 is 22.8 Å². The number of aromatic amines is 1. The van der Waals surface area contributed by atoms with E-state index in [9.17, 15) is 10.1 Å². The molecule has 2 atom stereocenters. The lowest BCUT2D eigenvalue weighted by Crippen LogP contribution is -2.23. The lowest BCUT2D eigenvalue weighted by atomic mass is 9.79. The van der Waals surface area contributed by atoms with Gasteiger partial charge in [-0.1, -0.05) is 38.1 Å². The molecule has 2 unspecified atom stereocenters. The first-order valence-corrected chi connectivity index (χ1v) is 14.1. The summed E-state index contributed by atoms with van der Waals surface area (Å²) in [7, 11) is 4.53. The van der Waals surface area contributed by atoms with Crippen molar-refractivity contribution in [2.24, 2.45) is 5.73 Å². The summed E-state index contributed by atoms with van der Waals surface area (Å²) in [6.07, 6.45) is 4.16. The van der Waals surface area contributed by atoms with Crippen molar-refractivity contribution in [2.75, 3.05) is 21.3 Å². The molecule has 8 heteroatoms. The molecule has 0 saturated carbocycles. The number of nitrogens with zero attached hydrogens (tertiary/aromatic N) is 1. The van der Waals surface area contributed by atoms with Gasteiger partial charge < -0.3 is 29.7 Å². The summed E-state index contributed by atoms with van der Waals surface area (Å²) in [6.45, 7) is 6.24. The molecule has 4 aromatic rings. The number of hydrogen-bond acceptors (Lipinski definition) is 7. The topological polar surface area (TPSA) is 120 Å². The van der Waals surface area contributed by atoms with E-state index in [0.717, 1.165) is 45.3 Å². The molecule has 1 aromatic heterocycles. The van der Waals surface area contributed by atoms with Gasteiger partial charge in [0.05, 0.1) is 27.2 Å². The number of fused-ring (bicyclic) bond motifs is 2. The number of nitrogens with two attached hydrogens (primary N) is 1. The molecule has 0 fully saturated rings. The summed E-state index contributed by atoms with van der Waals surface area (Å²) in [5, 5.41) is 11.3. The SMILES string of the molecule is CCC(C)c1cc(/C=C/C(=O)c2cc(OC)c(OC)c(OC)c2)cc2c1OC(N)=C(C#N)C2c1c(C)[nH]c2ccccc12. The monoisotopic (exact) mass is 577 g/mol. The van der Waals surface area contributed by atoms with Gasteiger partial charge in [-0.05, 0) is 72.4 Å². The average molecular weight is 578 g/mol. The van der Waals surface area contributed by atoms with Crippen molar-refractivity contribution in [2.45, 2.75) is 39.0 Å². The first-order chi connectivity index (χ1) is 20.8. The quantitative estimate of drug-likeness (QED) is 0.160. The first-order valence-electron chi connectivity index (χ1n) is 14.1. The minimum absolute atomic E-state index is 0.107. The normalized spacial score (nSPS) is 15.1. The van der Waals surface area contributed by atoms with Crippen LogP contribution in [0.5, 0.6) is 23.0 Å². The first kappa shape index (κ1) is 29.3. The highest BCUT2D eigenvalue weighted by Gasteiger charge is 2.35. The molecule has 220 valence electrons. The van der Waals surface area contributed by atoms with Crippen LogP contribution in [0.3, 0.4) is 0 Å². The number of methoxy groups -OCH3 is 3. The minimum atomic E-state index is -0.452. The predicted molar refractivity (Wildman–Crippen MR) is 167 cm³/mol. The number of nitriles is 1. The predicted octanol–water partition coefficient (Wildman–Crippen LogP) is 7.13. The summed E-state index contributed by atoms with van der Waals surface area (Å²) in [5.41, 5.74) is 12.7. The Balaban J connectivity index is 1.66. The molecule has 0 amide bonds. The van der Waals surface area contributed by atoms with Gasteiger partial charge in [0.1, 0.15) is 17.4 Å². The van der Waals surface area contributed by atoms with Crippen molar-refractivity contribution < 1.29 is 23.7 Å². The number of H-pyrrole nitrogens is 1. The molecule has 43 heavy (non-hydrogen) atoms. The Labute approximate surface area is 251 Å². The zero-order valence-corrected chi connectivity index (χ0v) is 25.2. The number of ether oxygens (including phenoxy) is 4. The van der Waals surface area contributed by atoms with Crippen molar-refractivity contribution in [3.8, 4) is 29.1 Å². The number of benzene rings is 3. The Morgan fingerprint density at radius 3 is 2.44 bits per heavy atom. The molecular weight excluding hydrogens is 542 g/mol. The summed E-state index contributed by atoms with van der Waals surface area (Å²) >= 11 is 0. The van der Waals surface area contributed by atoms with E-state index in [1.165, 1.54) is 27.4 Å². The van der Waals surface area contributed by atoms with Crippen LogP contribution in [0.4, 0.5) is 0 Å². The third-order valence-corrected chi connectivity index (χ3v) is 8.12. The molecule has 0 radical (unpaired) electrons. The highest BCUT2D eigenvalue weighted by molar-refractivity contribution is 6.07. The van der Waals surface area contributed by atoms with Crippen LogP contribution in [0, 0.1) is 18.3 Å². The number of carbonyl (C=O) groups is 1. The summed E-state index contributed by atoms with van der Waals surface area (Å²) in [6, 6.07) is 17.6. The molecule has 3 aromatic carbocycles. The maximum Gasteiger partial charge on any atom is 0.205 e. The lowest BCUT2D eigenvalue weighted by molar-refractivity contribution is 0.104. The Morgan fingerprint density at radius 1 is 1.12 bits per heavy atom. The number of ketones is 1. The van der Waals surface area contributed by atoms with Crippen LogP contribution in [-0.2, 0) is 0 Å². The van der Waals surface area contributed by atoms with Crippen LogP contribution in [0.2, 0.25) is 0 Å². The number of aryl methyl sites for hydroxylation is 1. The Kier molecular flexibility index (Phi) is 8.18. The second-order valence-corrected chi connectivity index (χ2v) is 10.6. The highest BCUT2D eigenvalue weighted by Crippen LogP contribution is 2.49. The Hall–Kier alpha value is -5.16. The Morgan fingerprint density at radius 2 is 1.81 bits per heavy atom. The van der Waals surface area contributed by atoms with Crippen molar-refractivity contribution in [1.29, 1.82) is 5.26 Å². The van der Waals surface area contributed by atoms with Gasteiger partial charge >= 0.3 is 0 Å². The van der Waals surface area contributed by atoms with Crippen LogP contribution in [0.15, 0.2) is 66.1 Å². The van der Waals surface area contributed by atoms with E-state index in [0.29, 0.717) is 34.1 Å². The summed E-state index contributed by atoms with van der Waals surface area (Å²) < 4.78 is 22.4. The van der Waals surface area contributed by atoms with Gasteiger partial charge in [-0.15, -0.1) is 0 Å². The molecule has 5 rings (SSSR count). The second kappa shape index (κ2) is 12.0. The molecule has 0 aliphatic carbocycles. The van der Waals surface area contributed by atoms with E-state index >= 15 is 0 Å². The fourth-order valence-electron chi connectivity index (χ4n) is 5.76. The van der Waals surface area contributed by atoms with E-state index < -0.39 is 5.92 Å². The molecule has 0 spiro atoms.